The largest absolute Gasteiger partial charge is 0.378 e. The fourth-order valence-corrected chi connectivity index (χ4v) is 4.08. The molecule has 0 radical (unpaired) electrons. The number of thiophene rings is 1. The predicted molar refractivity (Wildman–Crippen MR) is 113 cm³/mol. The number of nitrogens with zero attached hydrogens (tertiary/aromatic N) is 3. The van der Waals surface area contributed by atoms with Crippen LogP contribution in [0, 0.1) is 4.77 Å². The Labute approximate surface area is 172 Å². The molecule has 1 amide bonds. The first kappa shape index (κ1) is 18.9. The van der Waals surface area contributed by atoms with Gasteiger partial charge in [-0.2, -0.15) is 5.10 Å². The maximum absolute atomic E-state index is 12.4. The van der Waals surface area contributed by atoms with Crippen molar-refractivity contribution in [2.24, 2.45) is 0 Å². The van der Waals surface area contributed by atoms with E-state index in [4.69, 9.17) is 17.0 Å². The second-order valence-electron chi connectivity index (χ2n) is 6.43. The molecule has 1 aliphatic rings. The Bertz CT molecular complexity index is 973. The van der Waals surface area contributed by atoms with Crippen molar-refractivity contribution in [3.63, 3.8) is 0 Å². The molecule has 0 aliphatic carbocycles. The molecule has 7 nitrogen and oxygen atoms in total. The van der Waals surface area contributed by atoms with Gasteiger partial charge in [-0.05, 0) is 47.9 Å². The second-order valence-corrected chi connectivity index (χ2v) is 7.76. The van der Waals surface area contributed by atoms with E-state index in [1.54, 1.807) is 11.3 Å². The summed E-state index contributed by atoms with van der Waals surface area (Å²) in [6, 6.07) is 11.9. The Morgan fingerprint density at radius 1 is 1.25 bits per heavy atom. The molecule has 2 N–H and O–H groups in total. The first-order valence-electron chi connectivity index (χ1n) is 9.12. The minimum absolute atomic E-state index is 0.0562. The SMILES string of the molecule is O=C(CCn1c(-c2cccs2)n[nH]c1=S)Nc1ccc(N2CCOCC2)cc1. The normalized spacial score (nSPS) is 14.2. The van der Waals surface area contributed by atoms with Gasteiger partial charge < -0.3 is 15.0 Å². The van der Waals surface area contributed by atoms with Gasteiger partial charge in [-0.25, -0.2) is 0 Å². The number of aromatic amines is 1. The van der Waals surface area contributed by atoms with Crippen molar-refractivity contribution in [2.45, 2.75) is 13.0 Å². The number of nitrogens with one attached hydrogen (secondary N) is 2. The van der Waals surface area contributed by atoms with E-state index in [0.29, 0.717) is 17.7 Å². The summed E-state index contributed by atoms with van der Waals surface area (Å²) in [5.41, 5.74) is 1.93. The first-order chi connectivity index (χ1) is 13.7. The lowest BCUT2D eigenvalue weighted by atomic mass is 10.2. The van der Waals surface area contributed by atoms with Crippen LogP contribution in [0.5, 0.6) is 0 Å². The third kappa shape index (κ3) is 4.32. The van der Waals surface area contributed by atoms with Crippen molar-refractivity contribution in [2.75, 3.05) is 36.5 Å². The monoisotopic (exact) mass is 415 g/mol. The molecule has 9 heteroatoms. The number of rotatable bonds is 6. The van der Waals surface area contributed by atoms with Gasteiger partial charge in [-0.15, -0.1) is 11.3 Å². The molecule has 3 heterocycles. The molecule has 0 spiro atoms. The Balaban J connectivity index is 1.35. The van der Waals surface area contributed by atoms with E-state index in [1.807, 2.05) is 46.3 Å². The average molecular weight is 416 g/mol. The smallest absolute Gasteiger partial charge is 0.226 e. The first-order valence-corrected chi connectivity index (χ1v) is 10.4. The van der Waals surface area contributed by atoms with Crippen LogP contribution >= 0.6 is 23.6 Å². The molecular weight excluding hydrogens is 394 g/mol. The molecule has 1 saturated heterocycles. The Morgan fingerprint density at radius 2 is 2.04 bits per heavy atom. The number of amides is 1. The highest BCUT2D eigenvalue weighted by atomic mass is 32.1. The van der Waals surface area contributed by atoms with E-state index in [1.165, 1.54) is 0 Å². The molecule has 3 aromatic rings. The van der Waals surface area contributed by atoms with Crippen LogP contribution in [0.15, 0.2) is 41.8 Å². The number of anilines is 2. The highest BCUT2D eigenvalue weighted by molar-refractivity contribution is 7.71. The zero-order valence-corrected chi connectivity index (χ0v) is 16.9. The number of morpholine rings is 1. The van der Waals surface area contributed by atoms with Crippen molar-refractivity contribution in [3.8, 4) is 10.7 Å². The van der Waals surface area contributed by atoms with Gasteiger partial charge in [0, 0.05) is 37.4 Å². The number of aromatic nitrogens is 3. The van der Waals surface area contributed by atoms with Gasteiger partial charge in [-0.3, -0.25) is 14.5 Å². The lowest BCUT2D eigenvalue weighted by Crippen LogP contribution is -2.36. The summed E-state index contributed by atoms with van der Waals surface area (Å²) in [6.07, 6.45) is 0.317. The van der Waals surface area contributed by atoms with E-state index in [9.17, 15) is 4.79 Å². The third-order valence-corrected chi connectivity index (χ3v) is 5.77. The van der Waals surface area contributed by atoms with Crippen molar-refractivity contribution in [1.29, 1.82) is 0 Å². The van der Waals surface area contributed by atoms with Crippen molar-refractivity contribution < 1.29 is 9.53 Å². The average Bonchev–Trinajstić information content (AvgIpc) is 3.37. The molecule has 0 unspecified atom stereocenters. The molecule has 2 aromatic heterocycles. The number of carbonyl (C=O) groups excluding carboxylic acids is 1. The topological polar surface area (TPSA) is 75.2 Å². The Kier molecular flexibility index (Phi) is 5.84. The van der Waals surface area contributed by atoms with E-state index >= 15 is 0 Å². The highest BCUT2D eigenvalue weighted by Gasteiger charge is 2.13. The zero-order valence-electron chi connectivity index (χ0n) is 15.3. The second kappa shape index (κ2) is 8.68. The van der Waals surface area contributed by atoms with E-state index in [-0.39, 0.29) is 5.91 Å². The summed E-state index contributed by atoms with van der Waals surface area (Å²) < 4.78 is 7.76. The fraction of sp³-hybridized carbons (Fsp3) is 0.316. The molecule has 1 fully saturated rings. The van der Waals surface area contributed by atoms with Crippen LogP contribution in [0.1, 0.15) is 6.42 Å². The van der Waals surface area contributed by atoms with Gasteiger partial charge >= 0.3 is 0 Å². The van der Waals surface area contributed by atoms with Gasteiger partial charge in [-0.1, -0.05) is 6.07 Å². The van der Waals surface area contributed by atoms with Gasteiger partial charge in [0.15, 0.2) is 10.6 Å². The van der Waals surface area contributed by atoms with Gasteiger partial charge in [0.25, 0.3) is 0 Å². The Hall–Kier alpha value is -2.49. The summed E-state index contributed by atoms with van der Waals surface area (Å²) in [5.74, 6) is 0.710. The van der Waals surface area contributed by atoms with Crippen LogP contribution in [0.4, 0.5) is 11.4 Å². The van der Waals surface area contributed by atoms with Crippen molar-refractivity contribution in [1.82, 2.24) is 14.8 Å². The number of benzene rings is 1. The molecule has 146 valence electrons. The molecule has 1 aliphatic heterocycles. The number of hydrogen-bond acceptors (Lipinski definition) is 6. The Morgan fingerprint density at radius 3 is 2.75 bits per heavy atom. The maximum atomic E-state index is 12.4. The summed E-state index contributed by atoms with van der Waals surface area (Å²) >= 11 is 6.90. The molecule has 4 rings (SSSR count). The fourth-order valence-electron chi connectivity index (χ4n) is 3.13. The zero-order chi connectivity index (χ0) is 19.3. The summed E-state index contributed by atoms with van der Waals surface area (Å²) in [5, 5.41) is 12.0. The van der Waals surface area contributed by atoms with Gasteiger partial charge in [0.2, 0.25) is 5.91 Å². The highest BCUT2D eigenvalue weighted by Crippen LogP contribution is 2.23. The molecule has 1 aromatic carbocycles. The molecule has 28 heavy (non-hydrogen) atoms. The molecule has 0 atom stereocenters. The summed E-state index contributed by atoms with van der Waals surface area (Å²) in [7, 11) is 0. The van der Waals surface area contributed by atoms with Crippen LogP contribution in [0.2, 0.25) is 0 Å². The van der Waals surface area contributed by atoms with Crippen LogP contribution in [-0.2, 0) is 16.1 Å². The lowest BCUT2D eigenvalue weighted by molar-refractivity contribution is -0.116. The molecular formula is C19H21N5O2S2. The molecule has 0 saturated carbocycles. The number of ether oxygens (including phenoxy) is 1. The number of hydrogen-bond donors (Lipinski definition) is 2. The standard InChI is InChI=1S/C19H21N5O2S2/c25-17(7-8-24-18(21-22-19(24)27)16-2-1-13-28-16)20-14-3-5-15(6-4-14)23-9-11-26-12-10-23/h1-6,13H,7-12H2,(H,20,25)(H,22,27). The summed E-state index contributed by atoms with van der Waals surface area (Å²) in [4.78, 5) is 15.7. The number of H-pyrrole nitrogens is 1. The van der Waals surface area contributed by atoms with Crippen LogP contribution in [0.3, 0.4) is 0 Å². The minimum atomic E-state index is -0.0562. The van der Waals surface area contributed by atoms with E-state index < -0.39 is 0 Å². The van der Waals surface area contributed by atoms with Crippen LogP contribution < -0.4 is 10.2 Å². The van der Waals surface area contributed by atoms with Crippen LogP contribution in [-0.4, -0.2) is 47.0 Å². The lowest BCUT2D eigenvalue weighted by Gasteiger charge is -2.28. The van der Waals surface area contributed by atoms with Crippen molar-refractivity contribution in [3.05, 3.63) is 46.5 Å². The quantitative estimate of drug-likeness (QED) is 0.603. The minimum Gasteiger partial charge on any atom is -0.378 e. The maximum Gasteiger partial charge on any atom is 0.226 e. The number of carbonyl (C=O) groups is 1. The van der Waals surface area contributed by atoms with E-state index in [0.717, 1.165) is 48.4 Å². The van der Waals surface area contributed by atoms with E-state index in [2.05, 4.69) is 20.4 Å². The predicted octanol–water partition coefficient (Wildman–Crippen LogP) is 3.53. The van der Waals surface area contributed by atoms with Crippen LogP contribution in [0.25, 0.3) is 10.7 Å². The third-order valence-electron chi connectivity index (χ3n) is 4.59. The van der Waals surface area contributed by atoms with Gasteiger partial charge in [0.1, 0.15) is 0 Å². The molecule has 0 bridgehead atoms. The summed E-state index contributed by atoms with van der Waals surface area (Å²) in [6.45, 7) is 3.76. The van der Waals surface area contributed by atoms with Gasteiger partial charge in [0.05, 0.1) is 18.1 Å². The van der Waals surface area contributed by atoms with Crippen molar-refractivity contribution >= 4 is 40.8 Å².